The van der Waals surface area contributed by atoms with E-state index in [0.29, 0.717) is 6.54 Å². The van der Waals surface area contributed by atoms with Gasteiger partial charge in [-0.05, 0) is 27.2 Å². The summed E-state index contributed by atoms with van der Waals surface area (Å²) in [5.41, 5.74) is -0.00451. The number of carbonyl (C=O) groups is 1. The molecule has 0 spiro atoms. The highest BCUT2D eigenvalue weighted by atomic mass is 16.4. The van der Waals surface area contributed by atoms with E-state index in [0.717, 1.165) is 0 Å². The van der Waals surface area contributed by atoms with Gasteiger partial charge in [-0.1, -0.05) is 0 Å². The third-order valence-corrected chi connectivity index (χ3v) is 0.984. The van der Waals surface area contributed by atoms with Gasteiger partial charge in [0.05, 0.1) is 0 Å². The molecular weight excluding hydrogens is 130 g/mol. The number of carbonyl (C=O) groups excluding carboxylic acids is 1. The van der Waals surface area contributed by atoms with E-state index >= 15 is 0 Å². The van der Waals surface area contributed by atoms with E-state index in [1.54, 1.807) is 0 Å². The first kappa shape index (κ1) is 9.43. The highest BCUT2D eigenvalue weighted by Gasteiger charge is 2.06. The van der Waals surface area contributed by atoms with E-state index < -0.39 is 5.97 Å². The number of hydrogen-bond donors (Lipinski definition) is 1. The number of rotatable bonds is 3. The molecule has 3 heteroatoms. The van der Waals surface area contributed by atoms with E-state index in [9.17, 15) is 9.90 Å². The van der Waals surface area contributed by atoms with Gasteiger partial charge >= 0.3 is 0 Å². The van der Waals surface area contributed by atoms with Gasteiger partial charge in [0.25, 0.3) is 0 Å². The number of carboxylic acids is 1. The predicted molar refractivity (Wildman–Crippen MR) is 37.4 cm³/mol. The standard InChI is InChI=1S/C7H15NO2/c1-7(2,3)8-5-4-6(9)10/h8H,4-5H2,1-3H3,(H,9,10)/p-1. The highest BCUT2D eigenvalue weighted by Crippen LogP contribution is 1.97. The molecule has 0 saturated heterocycles. The molecule has 0 aliphatic rings. The molecule has 0 atom stereocenters. The maximum Gasteiger partial charge on any atom is 0.0426 e. The Bertz CT molecular complexity index is 115. The van der Waals surface area contributed by atoms with Crippen molar-refractivity contribution in [3.8, 4) is 0 Å². The molecular formula is C7H14NO2-. The van der Waals surface area contributed by atoms with Gasteiger partial charge in [0.1, 0.15) is 0 Å². The number of aliphatic carboxylic acids is 1. The summed E-state index contributed by atoms with van der Waals surface area (Å²) in [6, 6.07) is 0. The van der Waals surface area contributed by atoms with Gasteiger partial charge in [-0.3, -0.25) is 0 Å². The van der Waals surface area contributed by atoms with Crippen LogP contribution in [0.1, 0.15) is 27.2 Å². The van der Waals surface area contributed by atoms with Crippen LogP contribution in [0, 0.1) is 0 Å². The number of carboxylic acid groups (broad SMARTS) is 1. The molecule has 3 nitrogen and oxygen atoms in total. The van der Waals surface area contributed by atoms with Gasteiger partial charge in [-0.15, -0.1) is 0 Å². The monoisotopic (exact) mass is 144 g/mol. The van der Waals surface area contributed by atoms with Crippen LogP contribution in [0.2, 0.25) is 0 Å². The van der Waals surface area contributed by atoms with E-state index in [-0.39, 0.29) is 12.0 Å². The summed E-state index contributed by atoms with van der Waals surface area (Å²) in [4.78, 5) is 9.93. The van der Waals surface area contributed by atoms with Gasteiger partial charge in [0.2, 0.25) is 0 Å². The van der Waals surface area contributed by atoms with Crippen molar-refractivity contribution in [1.29, 1.82) is 0 Å². The van der Waals surface area contributed by atoms with Gasteiger partial charge in [0, 0.05) is 18.1 Å². The lowest BCUT2D eigenvalue weighted by molar-refractivity contribution is -0.305. The zero-order valence-electron chi connectivity index (χ0n) is 6.73. The molecule has 0 aromatic rings. The normalized spacial score (nSPS) is 11.5. The van der Waals surface area contributed by atoms with Crippen molar-refractivity contribution in [2.75, 3.05) is 6.54 Å². The molecule has 0 bridgehead atoms. The van der Waals surface area contributed by atoms with Gasteiger partial charge in [-0.25, -0.2) is 0 Å². The van der Waals surface area contributed by atoms with E-state index in [2.05, 4.69) is 5.32 Å². The summed E-state index contributed by atoms with van der Waals surface area (Å²) in [7, 11) is 0. The Labute approximate surface area is 61.4 Å². The van der Waals surface area contributed by atoms with Crippen LogP contribution in [0.3, 0.4) is 0 Å². The summed E-state index contributed by atoms with van der Waals surface area (Å²) in [6.45, 7) is 6.44. The van der Waals surface area contributed by atoms with Crippen LogP contribution in [-0.4, -0.2) is 18.1 Å². The second-order valence-electron chi connectivity index (χ2n) is 3.30. The van der Waals surface area contributed by atoms with Gasteiger partial charge in [-0.2, -0.15) is 0 Å². The molecule has 0 aliphatic carbocycles. The molecule has 0 aliphatic heterocycles. The smallest absolute Gasteiger partial charge is 0.0426 e. The van der Waals surface area contributed by atoms with Crippen LogP contribution in [0.25, 0.3) is 0 Å². The zero-order chi connectivity index (χ0) is 8.20. The molecule has 0 saturated carbocycles. The Morgan fingerprint density at radius 3 is 2.30 bits per heavy atom. The molecule has 0 aromatic heterocycles. The Hall–Kier alpha value is -0.570. The fourth-order valence-corrected chi connectivity index (χ4v) is 0.540. The van der Waals surface area contributed by atoms with Crippen molar-refractivity contribution in [2.45, 2.75) is 32.7 Å². The van der Waals surface area contributed by atoms with Crippen molar-refractivity contribution in [1.82, 2.24) is 5.32 Å². The average molecular weight is 144 g/mol. The molecule has 60 valence electrons. The SMILES string of the molecule is CC(C)(C)NCCC(=O)[O-]. The molecule has 0 heterocycles. The van der Waals surface area contributed by atoms with Gasteiger partial charge in [0.15, 0.2) is 0 Å². The predicted octanol–water partition coefficient (Wildman–Crippen LogP) is -0.485. The fraction of sp³-hybridized carbons (Fsp3) is 0.857. The first-order valence-corrected chi connectivity index (χ1v) is 3.37. The van der Waals surface area contributed by atoms with E-state index in [1.807, 2.05) is 20.8 Å². The molecule has 0 rings (SSSR count). The topological polar surface area (TPSA) is 52.2 Å². The number of nitrogens with one attached hydrogen (secondary N) is 1. The summed E-state index contributed by atoms with van der Waals surface area (Å²) in [6.07, 6.45) is 0.0806. The van der Waals surface area contributed by atoms with Crippen molar-refractivity contribution < 1.29 is 9.90 Å². The summed E-state index contributed by atoms with van der Waals surface area (Å²) in [5.74, 6) is -1.00. The van der Waals surface area contributed by atoms with E-state index in [1.165, 1.54) is 0 Å². The Balaban J connectivity index is 3.29. The lowest BCUT2D eigenvalue weighted by Gasteiger charge is -2.20. The minimum Gasteiger partial charge on any atom is -0.550 e. The average Bonchev–Trinajstić information content (AvgIpc) is 1.59. The Kier molecular flexibility index (Phi) is 3.36. The van der Waals surface area contributed by atoms with Crippen LogP contribution >= 0.6 is 0 Å². The highest BCUT2D eigenvalue weighted by molar-refractivity contribution is 5.64. The minimum atomic E-state index is -1.00. The first-order valence-electron chi connectivity index (χ1n) is 3.37. The summed E-state index contributed by atoms with van der Waals surface area (Å²) >= 11 is 0. The molecule has 0 radical (unpaired) electrons. The Morgan fingerprint density at radius 2 is 2.00 bits per heavy atom. The largest absolute Gasteiger partial charge is 0.550 e. The molecule has 1 N–H and O–H groups in total. The van der Waals surface area contributed by atoms with Crippen molar-refractivity contribution in [3.05, 3.63) is 0 Å². The maximum atomic E-state index is 9.93. The third kappa shape index (κ3) is 7.43. The van der Waals surface area contributed by atoms with Crippen molar-refractivity contribution in [3.63, 3.8) is 0 Å². The van der Waals surface area contributed by atoms with Gasteiger partial charge < -0.3 is 15.2 Å². The lowest BCUT2D eigenvalue weighted by atomic mass is 10.1. The quantitative estimate of drug-likeness (QED) is 0.581. The molecule has 0 fully saturated rings. The molecule has 0 amide bonds. The van der Waals surface area contributed by atoms with Crippen molar-refractivity contribution in [2.24, 2.45) is 0 Å². The second kappa shape index (κ2) is 3.56. The molecule has 10 heavy (non-hydrogen) atoms. The summed E-state index contributed by atoms with van der Waals surface area (Å²) < 4.78 is 0. The zero-order valence-corrected chi connectivity index (χ0v) is 6.73. The van der Waals surface area contributed by atoms with Crippen LogP contribution in [0.15, 0.2) is 0 Å². The maximum absolute atomic E-state index is 9.93. The summed E-state index contributed by atoms with van der Waals surface area (Å²) in [5, 5.41) is 13.0. The van der Waals surface area contributed by atoms with Crippen molar-refractivity contribution >= 4 is 5.97 Å². The second-order valence-corrected chi connectivity index (χ2v) is 3.30. The fourth-order valence-electron chi connectivity index (χ4n) is 0.540. The lowest BCUT2D eigenvalue weighted by Crippen LogP contribution is -2.38. The van der Waals surface area contributed by atoms with Crippen LogP contribution in [0.4, 0.5) is 0 Å². The van der Waals surface area contributed by atoms with Crippen LogP contribution in [-0.2, 0) is 4.79 Å². The molecule has 0 unspecified atom stereocenters. The third-order valence-electron chi connectivity index (χ3n) is 0.984. The first-order chi connectivity index (χ1) is 4.42. The number of hydrogen-bond acceptors (Lipinski definition) is 3. The van der Waals surface area contributed by atoms with Crippen LogP contribution < -0.4 is 10.4 Å². The van der Waals surface area contributed by atoms with Crippen LogP contribution in [0.5, 0.6) is 0 Å². The van der Waals surface area contributed by atoms with E-state index in [4.69, 9.17) is 0 Å². The minimum absolute atomic E-state index is 0.00451. The molecule has 0 aromatic carbocycles. The Morgan fingerprint density at radius 1 is 1.50 bits per heavy atom.